The average Bonchev–Trinajstić information content (AvgIpc) is 1.55. The normalized spacial score (nSPS) is 23.9. The highest BCUT2D eigenvalue weighted by atomic mass is 28.3. The second-order valence-corrected chi connectivity index (χ2v) is 69.2. The van der Waals surface area contributed by atoms with Gasteiger partial charge in [-0.1, -0.05) is 306 Å². The van der Waals surface area contributed by atoms with Crippen molar-refractivity contribution in [3.8, 4) is 34.5 Å². The van der Waals surface area contributed by atoms with E-state index >= 15 is 0 Å². The van der Waals surface area contributed by atoms with Crippen LogP contribution in [0.5, 0.6) is 34.5 Å². The van der Waals surface area contributed by atoms with Crippen LogP contribution in [0.25, 0.3) is 16.7 Å². The maximum Gasteiger partial charge on any atom is 0.127 e. The molecule has 6 aromatic rings. The summed E-state index contributed by atoms with van der Waals surface area (Å²) in [5.74, 6) is 10.8. The molecule has 9 aliphatic carbocycles. The Labute approximate surface area is 842 Å². The molecule has 750 valence electrons. The van der Waals surface area contributed by atoms with Gasteiger partial charge in [0.2, 0.25) is 0 Å². The van der Waals surface area contributed by atoms with E-state index in [9.17, 15) is 0 Å². The van der Waals surface area contributed by atoms with Crippen molar-refractivity contribution in [3.63, 3.8) is 0 Å². The first-order chi connectivity index (χ1) is 63.2. The van der Waals surface area contributed by atoms with Crippen LogP contribution in [0.1, 0.15) is 395 Å². The molecule has 9 aliphatic rings. The molecule has 137 heavy (non-hydrogen) atoms. The Morgan fingerprint density at radius 3 is 0.869 bits per heavy atom. The van der Waals surface area contributed by atoms with Gasteiger partial charge in [-0.2, -0.15) is 0 Å². The summed E-state index contributed by atoms with van der Waals surface area (Å²) in [7, 11) is -5.56. The highest BCUT2D eigenvalue weighted by molar-refractivity contribution is 6.77. The number of hydrogen-bond donors (Lipinski definition) is 0. The molecule has 0 heterocycles. The van der Waals surface area contributed by atoms with Crippen molar-refractivity contribution < 1.29 is 14.2 Å². The summed E-state index contributed by atoms with van der Waals surface area (Å²) < 4.78 is 28.6. The summed E-state index contributed by atoms with van der Waals surface area (Å²) in [6, 6.07) is 47.0. The van der Waals surface area contributed by atoms with E-state index in [1.54, 1.807) is 22.3 Å². The summed E-state index contributed by atoms with van der Waals surface area (Å²) in [5.41, 5.74) is 25.8. The first-order valence-electron chi connectivity index (χ1n) is 54.8. The van der Waals surface area contributed by atoms with Gasteiger partial charge in [0.1, 0.15) is 59.2 Å². The highest BCUT2D eigenvalue weighted by Gasteiger charge is 2.61. The average molecular weight is 1910 g/mol. The van der Waals surface area contributed by atoms with Crippen molar-refractivity contribution >= 4 is 41.4 Å². The van der Waals surface area contributed by atoms with Gasteiger partial charge in [-0.25, -0.2) is 0 Å². The summed E-state index contributed by atoms with van der Waals surface area (Å²) in [4.78, 5) is 0. The van der Waals surface area contributed by atoms with Crippen LogP contribution in [0, 0.1) is 47.3 Å². The molecule has 6 aromatic carbocycles. The number of allylic oxidation sites excluding steroid dienone is 12. The van der Waals surface area contributed by atoms with Gasteiger partial charge < -0.3 is 27.9 Å². The quantitative estimate of drug-likeness (QED) is 0.0562. The molecule has 0 saturated heterocycles. The molecule has 6 nitrogen and oxygen atoms in total. The molecular formula is C128H193N3O3Si3. The fourth-order valence-corrected chi connectivity index (χ4v) is 50.7. The molecule has 15 rings (SSSR count). The predicted octanol–water partition coefficient (Wildman–Crippen LogP) is 37.8. The molecule has 0 spiro atoms. The van der Waals surface area contributed by atoms with E-state index in [4.69, 9.17) is 14.2 Å². The van der Waals surface area contributed by atoms with Crippen LogP contribution in [0.15, 0.2) is 181 Å². The van der Waals surface area contributed by atoms with Crippen LogP contribution in [0.2, 0.25) is 55.9 Å². The van der Waals surface area contributed by atoms with Crippen molar-refractivity contribution in [2.45, 2.75) is 467 Å². The number of fused-ring (bicyclic) bond motifs is 12. The maximum absolute atomic E-state index is 6.63. The molecule has 0 bridgehead atoms. The molecule has 0 N–H and O–H groups in total. The molecule has 11 unspecified atom stereocenters. The van der Waals surface area contributed by atoms with Crippen molar-refractivity contribution in [1.29, 1.82) is 0 Å². The van der Waals surface area contributed by atoms with Crippen molar-refractivity contribution in [2.24, 2.45) is 47.3 Å². The second kappa shape index (κ2) is 39.0. The summed E-state index contributed by atoms with van der Waals surface area (Å²) >= 11 is 0. The van der Waals surface area contributed by atoms with Gasteiger partial charge in [0.25, 0.3) is 0 Å². The topological polar surface area (TPSA) is 37.4 Å². The Morgan fingerprint density at radius 1 is 0.307 bits per heavy atom. The number of rotatable bonds is 24. The van der Waals surface area contributed by atoms with Gasteiger partial charge >= 0.3 is 0 Å². The first-order valence-corrected chi connectivity index (χ1v) is 63.9. The Morgan fingerprint density at radius 2 is 0.569 bits per heavy atom. The van der Waals surface area contributed by atoms with E-state index < -0.39 is 24.7 Å². The third-order valence-electron chi connectivity index (χ3n) is 34.4. The second-order valence-electron chi connectivity index (χ2n) is 55.8. The lowest BCUT2D eigenvalue weighted by molar-refractivity contribution is 0.120. The van der Waals surface area contributed by atoms with Crippen LogP contribution in [0.3, 0.4) is 0 Å². The Bertz CT molecular complexity index is 5400. The Hall–Kier alpha value is -6.31. The zero-order valence-corrected chi connectivity index (χ0v) is 97.8. The number of ether oxygens (including phenoxy) is 3. The van der Waals surface area contributed by atoms with E-state index in [1.807, 2.05) is 0 Å². The molecular weight excluding hydrogens is 1710 g/mol. The number of unbranched alkanes of at least 4 members (excludes halogenated alkanes) is 4. The molecule has 3 fully saturated rings. The van der Waals surface area contributed by atoms with E-state index in [0.29, 0.717) is 35.5 Å². The minimum Gasteiger partial charge on any atom is -0.457 e. The molecule has 3 saturated carbocycles. The minimum absolute atomic E-state index is 0.0442. The van der Waals surface area contributed by atoms with E-state index in [1.165, 1.54) is 164 Å². The monoisotopic (exact) mass is 1900 g/mol. The van der Waals surface area contributed by atoms with Crippen molar-refractivity contribution in [3.05, 3.63) is 231 Å². The van der Waals surface area contributed by atoms with E-state index in [0.717, 1.165) is 63.0 Å². The predicted molar refractivity (Wildman–Crippen MR) is 603 cm³/mol. The maximum atomic E-state index is 6.63. The molecule has 0 radical (unpaired) electrons. The van der Waals surface area contributed by atoms with Gasteiger partial charge in [-0.05, 0) is 406 Å². The van der Waals surface area contributed by atoms with E-state index in [-0.39, 0.29) is 65.7 Å². The van der Waals surface area contributed by atoms with Crippen molar-refractivity contribution in [2.75, 3.05) is 0 Å². The van der Waals surface area contributed by atoms with Crippen LogP contribution >= 0.6 is 0 Å². The number of benzene rings is 6. The van der Waals surface area contributed by atoms with Gasteiger partial charge in [-0.3, -0.25) is 0 Å². The van der Waals surface area contributed by atoms with Crippen LogP contribution in [-0.2, 0) is 32.5 Å². The largest absolute Gasteiger partial charge is 0.457 e. The summed E-state index contributed by atoms with van der Waals surface area (Å²) in [6.45, 7) is 99.9. The number of hydrogen-bond acceptors (Lipinski definition) is 6. The fraction of sp³-hybridized carbons (Fsp3) is 0.625. The van der Waals surface area contributed by atoms with Gasteiger partial charge in [0.15, 0.2) is 0 Å². The Kier molecular flexibility index (Phi) is 30.7. The third kappa shape index (κ3) is 21.5. The van der Waals surface area contributed by atoms with Crippen LogP contribution in [-0.4, -0.2) is 71.6 Å². The lowest BCUT2D eigenvalue weighted by Crippen LogP contribution is -2.67. The van der Waals surface area contributed by atoms with E-state index in [2.05, 4.69) is 459 Å². The molecule has 11 atom stereocenters. The Balaban J connectivity index is 0.000000174. The fourth-order valence-electron chi connectivity index (χ4n) is 31.7. The van der Waals surface area contributed by atoms with Gasteiger partial charge in [-0.15, -0.1) is 0 Å². The lowest BCUT2D eigenvalue weighted by Gasteiger charge is -2.57. The highest BCUT2D eigenvalue weighted by Crippen LogP contribution is 2.68. The zero-order valence-electron chi connectivity index (χ0n) is 94.8. The first kappa shape index (κ1) is 108. The standard InChI is InChI=1S/C45H69NOSi.C44H67NOSi.C39H57NOSi/c1-15-17-25-45(26-18-16-2)39-29-35(47-34-21-19-33(20-22-34)42(4,5)6)23-24-36(39)38-28-32-27-31(3)41(37(32)30-40(38)45)48(13,14)46(43(7,8)9)44(10,11)12;1-14-16-26-44(27-17-15-2)38-29-34(46-33-21-19-32(20-22-33)41(3,4)5)23-24-35(38)37-28-31-18-25-40(36(31)30-39(37)44)47(12,13)45(42(6,7)8)43(9,10)11;1-25-21-26-22-32-30-20-19-29(41-28-17-15-27(16-18-28)36(2,3)4)23-33(30)39(11,12)34(32)24-31(26)35(25)42(13,14)40(37(5,6)7)38(8,9)10/h19-24,28-32,37,41H,15-18,25-27H2,1-14H3;19-24,28-31,36,40H,14-18,25-27H2,1-13H3;15-20,22-26,31,35H,21H2,1-14H3. The smallest absolute Gasteiger partial charge is 0.127 e. The van der Waals surface area contributed by atoms with Crippen LogP contribution < -0.4 is 14.2 Å². The minimum atomic E-state index is -1.89. The lowest BCUT2D eigenvalue weighted by atomic mass is 9.68. The summed E-state index contributed by atoms with van der Waals surface area (Å²) in [5, 5.41) is 0. The number of nitrogens with zero attached hydrogens (tertiary/aromatic N) is 3. The molecule has 0 aliphatic heterocycles. The SMILES string of the molecule is CC1CC2C=C3C(=CC2C1[Si](C)(C)N(C(C)(C)C)C(C)(C)C)C(C)(C)c1cc(Oc2ccc(C(C)(C)C)cc2)ccc13.CCCCC1(CCCC)C2=CC3C(C=C2c2ccc(Oc4ccc(C(C)(C)C)cc4)cc21)CC(C)C3[Si](C)(C)N(C(C)(C)C)C(C)(C)C.CCCCC1(CCCC)C2=CC3C(C=C2c2ccc(Oc4ccc(C(C)(C)C)cc4)cc21)CCC3[Si](C)(C)N(C(C)(C)C)C(C)(C)C. The molecule has 0 amide bonds. The van der Waals surface area contributed by atoms with Gasteiger partial charge in [0, 0.05) is 49.5 Å². The van der Waals surface area contributed by atoms with Crippen molar-refractivity contribution in [1.82, 2.24) is 13.7 Å². The van der Waals surface area contributed by atoms with Crippen LogP contribution in [0.4, 0.5) is 0 Å². The molecule has 9 heteroatoms. The zero-order chi connectivity index (χ0) is 101. The summed E-state index contributed by atoms with van der Waals surface area (Å²) in [6.07, 6.45) is 36.8. The van der Waals surface area contributed by atoms with Gasteiger partial charge in [0.05, 0.1) is 0 Å². The molecule has 0 aromatic heterocycles. The third-order valence-corrected chi connectivity index (χ3v) is 49.6.